The van der Waals surface area contributed by atoms with Crippen LogP contribution in [-0.4, -0.2) is 36.2 Å². The van der Waals surface area contributed by atoms with E-state index in [0.717, 1.165) is 31.1 Å². The van der Waals surface area contributed by atoms with Crippen LogP contribution >= 0.6 is 0 Å². The van der Waals surface area contributed by atoms with Gasteiger partial charge >= 0.3 is 0 Å². The van der Waals surface area contributed by atoms with E-state index in [-0.39, 0.29) is 5.75 Å². The Labute approximate surface area is 120 Å². The van der Waals surface area contributed by atoms with Gasteiger partial charge in [-0.2, -0.15) is 0 Å². The van der Waals surface area contributed by atoms with Gasteiger partial charge in [0.15, 0.2) is 11.5 Å². The van der Waals surface area contributed by atoms with Crippen LogP contribution in [0.3, 0.4) is 0 Å². The average Bonchev–Trinajstić information content (AvgIpc) is 2.83. The number of phenolic OH excluding ortho intramolecular Hbond substituents is 1. The SMILES string of the molecule is COc1ccc(CN2CC3CCCC(N)C3C2)cc1O. The first-order valence-corrected chi connectivity index (χ1v) is 7.51. The van der Waals surface area contributed by atoms with Gasteiger partial charge < -0.3 is 15.6 Å². The quantitative estimate of drug-likeness (QED) is 0.886. The number of nitrogens with two attached hydrogens (primary N) is 1. The highest BCUT2D eigenvalue weighted by atomic mass is 16.5. The minimum atomic E-state index is 0.221. The van der Waals surface area contributed by atoms with Gasteiger partial charge in [-0.05, 0) is 42.4 Å². The summed E-state index contributed by atoms with van der Waals surface area (Å²) in [6, 6.07) is 6.05. The molecule has 20 heavy (non-hydrogen) atoms. The van der Waals surface area contributed by atoms with E-state index < -0.39 is 0 Å². The number of rotatable bonds is 3. The van der Waals surface area contributed by atoms with Gasteiger partial charge in [-0.15, -0.1) is 0 Å². The summed E-state index contributed by atoms with van der Waals surface area (Å²) in [6.45, 7) is 3.13. The Morgan fingerprint density at radius 1 is 1.35 bits per heavy atom. The van der Waals surface area contributed by atoms with Crippen molar-refractivity contribution in [2.24, 2.45) is 17.6 Å². The van der Waals surface area contributed by atoms with E-state index in [1.807, 2.05) is 12.1 Å². The maximum absolute atomic E-state index is 9.85. The fourth-order valence-electron chi connectivity index (χ4n) is 3.83. The van der Waals surface area contributed by atoms with Gasteiger partial charge in [-0.1, -0.05) is 12.5 Å². The molecular formula is C16H24N2O2. The summed E-state index contributed by atoms with van der Waals surface area (Å²) in [7, 11) is 1.57. The number of hydrogen-bond acceptors (Lipinski definition) is 4. The number of hydrogen-bond donors (Lipinski definition) is 2. The molecule has 1 aromatic rings. The fourth-order valence-corrected chi connectivity index (χ4v) is 3.83. The van der Waals surface area contributed by atoms with Crippen molar-refractivity contribution < 1.29 is 9.84 Å². The van der Waals surface area contributed by atoms with E-state index in [1.54, 1.807) is 13.2 Å². The Hall–Kier alpha value is -1.26. The average molecular weight is 276 g/mol. The Morgan fingerprint density at radius 3 is 2.90 bits per heavy atom. The van der Waals surface area contributed by atoms with Crippen molar-refractivity contribution in [1.29, 1.82) is 0 Å². The number of methoxy groups -OCH3 is 1. The third-order valence-corrected chi connectivity index (χ3v) is 4.88. The molecule has 4 nitrogen and oxygen atoms in total. The van der Waals surface area contributed by atoms with Crippen LogP contribution in [0.5, 0.6) is 11.5 Å². The molecule has 3 N–H and O–H groups in total. The van der Waals surface area contributed by atoms with Crippen molar-refractivity contribution in [2.45, 2.75) is 31.8 Å². The number of phenols is 1. The second kappa shape index (κ2) is 5.62. The molecule has 1 saturated heterocycles. The zero-order chi connectivity index (χ0) is 14.1. The van der Waals surface area contributed by atoms with E-state index in [2.05, 4.69) is 4.90 Å². The molecule has 1 aromatic carbocycles. The Balaban J connectivity index is 1.65. The van der Waals surface area contributed by atoms with Gasteiger partial charge in [0, 0.05) is 25.7 Å². The third-order valence-electron chi connectivity index (χ3n) is 4.88. The van der Waals surface area contributed by atoms with Crippen molar-refractivity contribution in [3.05, 3.63) is 23.8 Å². The predicted octanol–water partition coefficient (Wildman–Crippen LogP) is 1.96. The molecule has 3 unspecified atom stereocenters. The summed E-state index contributed by atoms with van der Waals surface area (Å²) in [4.78, 5) is 2.47. The van der Waals surface area contributed by atoms with Gasteiger partial charge in [-0.3, -0.25) is 4.90 Å². The number of likely N-dealkylation sites (tertiary alicyclic amines) is 1. The third kappa shape index (κ3) is 2.63. The molecule has 0 bridgehead atoms. The number of benzene rings is 1. The number of aromatic hydroxyl groups is 1. The second-order valence-corrected chi connectivity index (χ2v) is 6.22. The Kier molecular flexibility index (Phi) is 3.85. The van der Waals surface area contributed by atoms with Gasteiger partial charge in [0.1, 0.15) is 0 Å². The van der Waals surface area contributed by atoms with Crippen LogP contribution in [0.2, 0.25) is 0 Å². The molecule has 2 aliphatic rings. The summed E-state index contributed by atoms with van der Waals surface area (Å²) < 4.78 is 5.08. The molecule has 1 aliphatic carbocycles. The van der Waals surface area contributed by atoms with Crippen LogP contribution in [0.15, 0.2) is 18.2 Å². The van der Waals surface area contributed by atoms with E-state index in [1.165, 1.54) is 19.3 Å². The van der Waals surface area contributed by atoms with Crippen molar-refractivity contribution >= 4 is 0 Å². The summed E-state index contributed by atoms with van der Waals surface area (Å²) in [6.07, 6.45) is 3.78. The van der Waals surface area contributed by atoms with E-state index in [0.29, 0.717) is 17.7 Å². The molecule has 0 aromatic heterocycles. The van der Waals surface area contributed by atoms with Crippen LogP contribution in [0.1, 0.15) is 24.8 Å². The smallest absolute Gasteiger partial charge is 0.160 e. The lowest BCUT2D eigenvalue weighted by Crippen LogP contribution is -2.38. The van der Waals surface area contributed by atoms with Gasteiger partial charge in [0.05, 0.1) is 7.11 Å². The summed E-state index contributed by atoms with van der Waals surface area (Å²) in [5, 5.41) is 9.85. The monoisotopic (exact) mass is 276 g/mol. The van der Waals surface area contributed by atoms with Crippen molar-refractivity contribution in [2.75, 3.05) is 20.2 Å². The molecular weight excluding hydrogens is 252 g/mol. The van der Waals surface area contributed by atoms with Crippen molar-refractivity contribution in [1.82, 2.24) is 4.90 Å². The van der Waals surface area contributed by atoms with E-state index in [9.17, 15) is 5.11 Å². The first kappa shape index (κ1) is 13.7. The molecule has 1 saturated carbocycles. The summed E-state index contributed by atoms with van der Waals surface area (Å²) >= 11 is 0. The van der Waals surface area contributed by atoms with E-state index >= 15 is 0 Å². The highest BCUT2D eigenvalue weighted by Crippen LogP contribution is 2.36. The van der Waals surface area contributed by atoms with Crippen molar-refractivity contribution in [3.8, 4) is 11.5 Å². The van der Waals surface area contributed by atoms with Gasteiger partial charge in [0.2, 0.25) is 0 Å². The minimum Gasteiger partial charge on any atom is -0.504 e. The lowest BCUT2D eigenvalue weighted by atomic mass is 9.78. The molecule has 1 heterocycles. The second-order valence-electron chi connectivity index (χ2n) is 6.22. The predicted molar refractivity (Wildman–Crippen MR) is 78.7 cm³/mol. The van der Waals surface area contributed by atoms with Gasteiger partial charge in [-0.25, -0.2) is 0 Å². The van der Waals surface area contributed by atoms with Crippen LogP contribution < -0.4 is 10.5 Å². The largest absolute Gasteiger partial charge is 0.504 e. The highest BCUT2D eigenvalue weighted by molar-refractivity contribution is 5.41. The first-order chi connectivity index (χ1) is 9.67. The normalized spacial score (nSPS) is 30.2. The van der Waals surface area contributed by atoms with Crippen LogP contribution in [-0.2, 0) is 6.54 Å². The fraction of sp³-hybridized carbons (Fsp3) is 0.625. The molecule has 3 atom stereocenters. The maximum atomic E-state index is 9.85. The number of ether oxygens (including phenoxy) is 1. The molecule has 1 aliphatic heterocycles. The number of fused-ring (bicyclic) bond motifs is 1. The molecule has 3 rings (SSSR count). The molecule has 2 fully saturated rings. The number of nitrogens with zero attached hydrogens (tertiary/aromatic N) is 1. The molecule has 0 spiro atoms. The Bertz CT molecular complexity index is 478. The zero-order valence-corrected chi connectivity index (χ0v) is 12.1. The van der Waals surface area contributed by atoms with Crippen LogP contribution in [0.4, 0.5) is 0 Å². The minimum absolute atomic E-state index is 0.221. The maximum Gasteiger partial charge on any atom is 0.160 e. The Morgan fingerprint density at radius 2 is 2.20 bits per heavy atom. The molecule has 0 amide bonds. The van der Waals surface area contributed by atoms with E-state index in [4.69, 9.17) is 10.5 Å². The highest BCUT2D eigenvalue weighted by Gasteiger charge is 2.38. The standard InChI is InChI=1S/C16H24N2O2/c1-20-16-6-5-11(7-15(16)19)8-18-9-12-3-2-4-14(17)13(12)10-18/h5-7,12-14,19H,2-4,8-10,17H2,1H3. The first-order valence-electron chi connectivity index (χ1n) is 7.51. The van der Waals surface area contributed by atoms with Crippen LogP contribution in [0, 0.1) is 11.8 Å². The topological polar surface area (TPSA) is 58.7 Å². The summed E-state index contributed by atoms with van der Waals surface area (Å²) in [5.41, 5.74) is 7.39. The summed E-state index contributed by atoms with van der Waals surface area (Å²) in [5.74, 6) is 2.19. The lowest BCUT2D eigenvalue weighted by Gasteiger charge is -2.29. The molecule has 4 heteroatoms. The lowest BCUT2D eigenvalue weighted by molar-refractivity contribution is 0.259. The van der Waals surface area contributed by atoms with Crippen LogP contribution in [0.25, 0.3) is 0 Å². The van der Waals surface area contributed by atoms with Gasteiger partial charge in [0.25, 0.3) is 0 Å². The zero-order valence-electron chi connectivity index (χ0n) is 12.1. The molecule has 0 radical (unpaired) electrons. The van der Waals surface area contributed by atoms with Crippen molar-refractivity contribution in [3.63, 3.8) is 0 Å². The molecule has 110 valence electrons.